The van der Waals surface area contributed by atoms with Crippen molar-refractivity contribution in [3.05, 3.63) is 53.5 Å². The van der Waals surface area contributed by atoms with Crippen molar-refractivity contribution in [2.24, 2.45) is 0 Å². The van der Waals surface area contributed by atoms with E-state index in [9.17, 15) is 21.6 Å². The van der Waals surface area contributed by atoms with E-state index in [0.717, 1.165) is 37.6 Å². The SMILES string of the molecule is COc1cc(S(C)(=O)=O)ccc1NCC#Cc1nc2c(C3CCC[C@@H](CN(C)C)N3)cccn2c1CC(F)(F)F. The van der Waals surface area contributed by atoms with Crippen LogP contribution in [0.25, 0.3) is 5.65 Å². The van der Waals surface area contributed by atoms with Crippen molar-refractivity contribution >= 4 is 21.2 Å². The van der Waals surface area contributed by atoms with E-state index >= 15 is 0 Å². The van der Waals surface area contributed by atoms with E-state index in [2.05, 4.69) is 32.4 Å². The number of alkyl halides is 3. The van der Waals surface area contributed by atoms with E-state index in [-0.39, 0.29) is 34.9 Å². The molecule has 40 heavy (non-hydrogen) atoms. The minimum atomic E-state index is -4.44. The lowest BCUT2D eigenvalue weighted by atomic mass is 9.93. The number of pyridine rings is 1. The van der Waals surface area contributed by atoms with Crippen molar-refractivity contribution in [2.75, 3.05) is 45.9 Å². The largest absolute Gasteiger partial charge is 0.495 e. The third-order valence-corrected chi connectivity index (χ3v) is 7.88. The third kappa shape index (κ3) is 7.27. The van der Waals surface area contributed by atoms with E-state index in [4.69, 9.17) is 4.74 Å². The number of rotatable bonds is 8. The number of piperidine rings is 1. The maximum absolute atomic E-state index is 13.6. The summed E-state index contributed by atoms with van der Waals surface area (Å²) in [4.78, 5) is 6.82. The highest BCUT2D eigenvalue weighted by molar-refractivity contribution is 7.90. The Labute approximate surface area is 232 Å². The number of benzene rings is 1. The van der Waals surface area contributed by atoms with Gasteiger partial charge in [-0.3, -0.25) is 0 Å². The van der Waals surface area contributed by atoms with Gasteiger partial charge in [0.1, 0.15) is 17.1 Å². The number of anilines is 1. The number of hydrogen-bond donors (Lipinski definition) is 2. The van der Waals surface area contributed by atoms with Crippen LogP contribution in [-0.4, -0.2) is 75.5 Å². The zero-order chi connectivity index (χ0) is 29.1. The van der Waals surface area contributed by atoms with Gasteiger partial charge in [-0.15, -0.1) is 0 Å². The lowest BCUT2D eigenvalue weighted by molar-refractivity contribution is -0.128. The normalized spacial score (nSPS) is 18.0. The first kappa shape index (κ1) is 29.7. The summed E-state index contributed by atoms with van der Waals surface area (Å²) in [6.45, 7) is 0.954. The highest BCUT2D eigenvalue weighted by Gasteiger charge is 2.32. The van der Waals surface area contributed by atoms with Gasteiger partial charge in [0, 0.05) is 42.7 Å². The summed E-state index contributed by atoms with van der Waals surface area (Å²) in [6, 6.07) is 8.34. The molecule has 4 rings (SSSR count). The van der Waals surface area contributed by atoms with Gasteiger partial charge in [-0.1, -0.05) is 12.0 Å². The van der Waals surface area contributed by atoms with Gasteiger partial charge >= 0.3 is 6.18 Å². The number of imidazole rings is 1. The Balaban J connectivity index is 1.63. The molecule has 0 aliphatic carbocycles. The summed E-state index contributed by atoms with van der Waals surface area (Å²) < 4.78 is 71.2. The average Bonchev–Trinajstić information content (AvgIpc) is 3.21. The minimum Gasteiger partial charge on any atom is -0.495 e. The molecule has 8 nitrogen and oxygen atoms in total. The number of likely N-dealkylation sites (N-methyl/N-ethyl adjacent to an activating group) is 1. The molecule has 2 N–H and O–H groups in total. The first-order valence-corrected chi connectivity index (χ1v) is 14.8. The number of hydrogen-bond acceptors (Lipinski definition) is 7. The molecule has 0 amide bonds. The van der Waals surface area contributed by atoms with Crippen LogP contribution in [0.5, 0.6) is 5.75 Å². The Bertz CT molecular complexity index is 1520. The van der Waals surface area contributed by atoms with Crippen molar-refractivity contribution in [2.45, 2.75) is 48.8 Å². The number of methoxy groups -OCH3 is 1. The van der Waals surface area contributed by atoms with Crippen LogP contribution in [0.3, 0.4) is 0 Å². The molecule has 216 valence electrons. The maximum Gasteiger partial charge on any atom is 0.394 e. The first-order valence-electron chi connectivity index (χ1n) is 12.9. The van der Waals surface area contributed by atoms with Crippen LogP contribution in [0.4, 0.5) is 18.9 Å². The predicted octanol–water partition coefficient (Wildman–Crippen LogP) is 4.06. The van der Waals surface area contributed by atoms with Crippen molar-refractivity contribution in [3.63, 3.8) is 0 Å². The second kappa shape index (κ2) is 12.1. The van der Waals surface area contributed by atoms with E-state index in [1.165, 1.54) is 23.6 Å². The summed E-state index contributed by atoms with van der Waals surface area (Å²) >= 11 is 0. The zero-order valence-electron chi connectivity index (χ0n) is 23.0. The molecule has 0 saturated carbocycles. The highest BCUT2D eigenvalue weighted by atomic mass is 32.2. The van der Waals surface area contributed by atoms with Gasteiger partial charge in [0.05, 0.1) is 36.4 Å². The summed E-state index contributed by atoms with van der Waals surface area (Å²) in [5, 5.41) is 6.69. The molecule has 3 heterocycles. The highest BCUT2D eigenvalue weighted by Crippen LogP contribution is 2.31. The van der Waals surface area contributed by atoms with Gasteiger partial charge in [-0.05, 0) is 57.5 Å². The second-order valence-electron chi connectivity index (χ2n) is 10.3. The van der Waals surface area contributed by atoms with Crippen LogP contribution < -0.4 is 15.4 Å². The van der Waals surface area contributed by atoms with Crippen molar-refractivity contribution in [3.8, 4) is 17.6 Å². The van der Waals surface area contributed by atoms with Crippen molar-refractivity contribution in [1.29, 1.82) is 0 Å². The van der Waals surface area contributed by atoms with E-state index < -0.39 is 22.4 Å². The summed E-state index contributed by atoms with van der Waals surface area (Å²) in [5.74, 6) is 6.00. The standard InChI is InChI=1S/C28H34F3N5O3S/c1-35(2)18-19-8-5-10-22(33-19)21-9-7-15-36-25(17-28(29,30)31)23(34-27(21)36)11-6-14-32-24-13-12-20(40(4,37)38)16-26(24)39-3/h7,9,12-13,15-16,19,22,32-33H,5,8,10,14,17-18H2,1-4H3/t19-,22?/m0/s1. The van der Waals surface area contributed by atoms with E-state index in [1.807, 2.05) is 20.2 Å². The molecule has 1 aliphatic heterocycles. The molecule has 1 unspecified atom stereocenters. The van der Waals surface area contributed by atoms with Gasteiger partial charge in [0.25, 0.3) is 0 Å². The number of aromatic nitrogens is 2. The molecule has 1 saturated heterocycles. The Kier molecular flexibility index (Phi) is 8.97. The van der Waals surface area contributed by atoms with Crippen molar-refractivity contribution in [1.82, 2.24) is 19.6 Å². The number of ether oxygens (including phenoxy) is 1. The van der Waals surface area contributed by atoms with Gasteiger partial charge in [0.2, 0.25) is 0 Å². The maximum atomic E-state index is 13.6. The number of fused-ring (bicyclic) bond motifs is 1. The van der Waals surface area contributed by atoms with Gasteiger partial charge in [-0.2, -0.15) is 13.2 Å². The molecule has 0 bridgehead atoms. The second-order valence-corrected chi connectivity index (χ2v) is 12.3. The predicted molar refractivity (Wildman–Crippen MR) is 148 cm³/mol. The van der Waals surface area contributed by atoms with Gasteiger partial charge in [-0.25, -0.2) is 13.4 Å². The summed E-state index contributed by atoms with van der Waals surface area (Å²) in [7, 11) is 2.04. The smallest absolute Gasteiger partial charge is 0.394 e. The lowest BCUT2D eigenvalue weighted by Gasteiger charge is -2.33. The number of sulfone groups is 1. The Hall–Kier alpha value is -3.27. The van der Waals surface area contributed by atoms with Crippen LogP contribution in [-0.2, 0) is 16.3 Å². The minimum absolute atomic E-state index is 0.00686. The molecule has 3 aromatic rings. The molecule has 2 atom stereocenters. The van der Waals surface area contributed by atoms with Crippen LogP contribution in [0.15, 0.2) is 41.4 Å². The Morgan fingerprint density at radius 1 is 1.25 bits per heavy atom. The number of halogens is 3. The molecular weight excluding hydrogens is 543 g/mol. The topological polar surface area (TPSA) is 88.0 Å². The van der Waals surface area contributed by atoms with Crippen LogP contribution in [0.1, 0.15) is 42.3 Å². The average molecular weight is 578 g/mol. The van der Waals surface area contributed by atoms with Crippen LogP contribution in [0.2, 0.25) is 0 Å². The Morgan fingerprint density at radius 3 is 2.70 bits per heavy atom. The monoisotopic (exact) mass is 577 g/mol. The fourth-order valence-electron chi connectivity index (χ4n) is 5.03. The summed E-state index contributed by atoms with van der Waals surface area (Å²) in [5.41, 5.74) is 1.91. The summed E-state index contributed by atoms with van der Waals surface area (Å²) in [6.07, 6.45) is 0.0377. The number of nitrogens with one attached hydrogen (secondary N) is 2. The molecule has 2 aromatic heterocycles. The molecular formula is C28H34F3N5O3S. The quantitative estimate of drug-likeness (QED) is 0.391. The molecule has 1 aromatic carbocycles. The fraction of sp³-hybridized carbons (Fsp3) is 0.464. The van der Waals surface area contributed by atoms with Gasteiger partial charge in [0.15, 0.2) is 9.84 Å². The van der Waals surface area contributed by atoms with Crippen molar-refractivity contribution < 1.29 is 26.3 Å². The lowest BCUT2D eigenvalue weighted by Crippen LogP contribution is -2.43. The van der Waals surface area contributed by atoms with Crippen LogP contribution >= 0.6 is 0 Å². The number of nitrogens with zero attached hydrogens (tertiary/aromatic N) is 3. The molecule has 1 aliphatic rings. The third-order valence-electron chi connectivity index (χ3n) is 6.77. The first-order chi connectivity index (χ1) is 18.9. The molecule has 12 heteroatoms. The van der Waals surface area contributed by atoms with E-state index in [1.54, 1.807) is 18.3 Å². The fourth-order valence-corrected chi connectivity index (χ4v) is 5.67. The molecule has 0 spiro atoms. The molecule has 0 radical (unpaired) electrons. The van der Waals surface area contributed by atoms with Crippen LogP contribution in [0, 0.1) is 11.8 Å². The Morgan fingerprint density at radius 2 is 2.02 bits per heavy atom. The zero-order valence-corrected chi connectivity index (χ0v) is 23.8. The molecule has 1 fully saturated rings. The van der Waals surface area contributed by atoms with Gasteiger partial charge < -0.3 is 24.7 Å². The van der Waals surface area contributed by atoms with E-state index in [0.29, 0.717) is 17.1 Å².